The fourth-order valence-corrected chi connectivity index (χ4v) is 4.39. The van der Waals surface area contributed by atoms with Gasteiger partial charge in [-0.15, -0.1) is 11.3 Å². The van der Waals surface area contributed by atoms with Crippen LogP contribution in [0.3, 0.4) is 0 Å². The van der Waals surface area contributed by atoms with Crippen LogP contribution in [0.4, 0.5) is 0 Å². The summed E-state index contributed by atoms with van der Waals surface area (Å²) in [6, 6.07) is 3.52. The molecule has 0 aromatic carbocycles. The summed E-state index contributed by atoms with van der Waals surface area (Å²) in [6.45, 7) is 3.25. The number of aromatic nitrogens is 1. The van der Waals surface area contributed by atoms with E-state index in [-0.39, 0.29) is 11.4 Å². The van der Waals surface area contributed by atoms with Crippen LogP contribution in [0.15, 0.2) is 33.1 Å². The van der Waals surface area contributed by atoms with Gasteiger partial charge in [0.1, 0.15) is 0 Å². The highest BCUT2D eigenvalue weighted by Gasteiger charge is 2.17. The Morgan fingerprint density at radius 3 is 2.70 bits per heavy atom. The number of sulfonamides is 1. The molecule has 2 heterocycles. The van der Waals surface area contributed by atoms with Crippen LogP contribution < -0.4 is 10.5 Å². The van der Waals surface area contributed by atoms with E-state index in [9.17, 15) is 8.42 Å². The highest BCUT2D eigenvalue weighted by Crippen LogP contribution is 2.20. The molecule has 0 bridgehead atoms. The van der Waals surface area contributed by atoms with Gasteiger partial charge in [-0.1, -0.05) is 0 Å². The third kappa shape index (κ3) is 3.50. The number of halogens is 1. The van der Waals surface area contributed by atoms with Crippen molar-refractivity contribution in [2.75, 3.05) is 0 Å². The zero-order chi connectivity index (χ0) is 14.8. The Bertz CT molecular complexity index is 670. The molecule has 0 saturated heterocycles. The number of rotatable bonds is 6. The minimum Gasteiger partial charge on any atom is -0.349 e. The topological polar surface area (TPSA) is 77.1 Å². The van der Waals surface area contributed by atoms with Crippen molar-refractivity contribution in [2.45, 2.75) is 31.5 Å². The summed E-state index contributed by atoms with van der Waals surface area (Å²) < 4.78 is 29.9. The summed E-state index contributed by atoms with van der Waals surface area (Å²) in [5.41, 5.74) is 6.42. The van der Waals surface area contributed by atoms with Crippen LogP contribution in [0, 0.1) is 0 Å². The zero-order valence-electron chi connectivity index (χ0n) is 11.0. The summed E-state index contributed by atoms with van der Waals surface area (Å²) in [5.74, 6) is 0. The number of hydrogen-bond acceptors (Lipinski definition) is 4. The molecule has 3 N–H and O–H groups in total. The summed E-state index contributed by atoms with van der Waals surface area (Å²) in [6.07, 6.45) is 1.62. The van der Waals surface area contributed by atoms with Crippen LogP contribution in [0.25, 0.3) is 0 Å². The van der Waals surface area contributed by atoms with Crippen molar-refractivity contribution in [1.29, 1.82) is 0 Å². The van der Waals surface area contributed by atoms with E-state index >= 15 is 0 Å². The molecule has 110 valence electrons. The maximum atomic E-state index is 12.2. The highest BCUT2D eigenvalue weighted by molar-refractivity contribution is 9.10. The SMILES string of the molecule is CCn1cc(S(=O)(=O)NCc2cc(Br)cs2)cc1CN. The van der Waals surface area contributed by atoms with E-state index in [1.807, 2.05) is 22.9 Å². The third-order valence-electron chi connectivity index (χ3n) is 2.88. The molecule has 0 unspecified atom stereocenters. The normalized spacial score (nSPS) is 11.9. The standard InChI is InChI=1S/C12H16BrN3O2S2/c1-2-16-7-12(4-10(16)5-14)20(17,18)15-6-11-3-9(13)8-19-11/h3-4,7-8,15H,2,5-6,14H2,1H3. The first-order valence-electron chi connectivity index (χ1n) is 6.08. The lowest BCUT2D eigenvalue weighted by atomic mass is 10.4. The van der Waals surface area contributed by atoms with Crippen molar-refractivity contribution in [2.24, 2.45) is 5.73 Å². The van der Waals surface area contributed by atoms with Gasteiger partial charge in [-0.2, -0.15) is 0 Å². The van der Waals surface area contributed by atoms with Gasteiger partial charge in [0.05, 0.1) is 4.90 Å². The molecule has 5 nitrogen and oxygen atoms in total. The van der Waals surface area contributed by atoms with Crippen molar-refractivity contribution in [3.63, 3.8) is 0 Å². The van der Waals surface area contributed by atoms with Gasteiger partial charge >= 0.3 is 0 Å². The summed E-state index contributed by atoms with van der Waals surface area (Å²) >= 11 is 4.85. The molecule has 2 aromatic heterocycles. The van der Waals surface area contributed by atoms with E-state index < -0.39 is 10.0 Å². The van der Waals surface area contributed by atoms with Crippen LogP contribution in [-0.4, -0.2) is 13.0 Å². The first-order valence-corrected chi connectivity index (χ1v) is 9.23. The molecule has 2 aromatic rings. The quantitative estimate of drug-likeness (QED) is 0.810. The Kier molecular flexibility index (Phi) is 5.03. The predicted octanol–water partition coefficient (Wildman–Crippen LogP) is 2.27. The zero-order valence-corrected chi connectivity index (χ0v) is 14.2. The van der Waals surface area contributed by atoms with Gasteiger partial charge < -0.3 is 10.3 Å². The molecule has 0 amide bonds. The first kappa shape index (κ1) is 15.7. The maximum Gasteiger partial charge on any atom is 0.242 e. The molecular formula is C12H16BrN3O2S2. The Morgan fingerprint density at radius 1 is 1.45 bits per heavy atom. The number of nitrogens with two attached hydrogens (primary N) is 1. The Balaban J connectivity index is 2.15. The predicted molar refractivity (Wildman–Crippen MR) is 84.0 cm³/mol. The average Bonchev–Trinajstić information content (AvgIpc) is 3.02. The van der Waals surface area contributed by atoms with E-state index in [2.05, 4.69) is 20.7 Å². The summed E-state index contributed by atoms with van der Waals surface area (Å²) in [7, 11) is -3.51. The minimum absolute atomic E-state index is 0.260. The van der Waals surface area contributed by atoms with Gasteiger partial charge in [-0.3, -0.25) is 0 Å². The van der Waals surface area contributed by atoms with Crippen molar-refractivity contribution in [3.8, 4) is 0 Å². The van der Waals surface area contributed by atoms with Gasteiger partial charge in [0, 0.05) is 46.3 Å². The Hall–Kier alpha value is -0.670. The largest absolute Gasteiger partial charge is 0.349 e. The number of nitrogens with zero attached hydrogens (tertiary/aromatic N) is 1. The van der Waals surface area contributed by atoms with Gasteiger partial charge in [-0.05, 0) is 35.0 Å². The van der Waals surface area contributed by atoms with Crippen LogP contribution in [-0.2, 0) is 29.7 Å². The number of nitrogens with one attached hydrogen (secondary N) is 1. The molecular weight excluding hydrogens is 362 g/mol. The fraction of sp³-hybridized carbons (Fsp3) is 0.333. The van der Waals surface area contributed by atoms with Crippen molar-refractivity contribution >= 4 is 37.3 Å². The van der Waals surface area contributed by atoms with Crippen molar-refractivity contribution in [1.82, 2.24) is 9.29 Å². The molecule has 20 heavy (non-hydrogen) atoms. The lowest BCUT2D eigenvalue weighted by Gasteiger charge is -2.03. The lowest BCUT2D eigenvalue weighted by Crippen LogP contribution is -2.22. The molecule has 2 rings (SSSR count). The van der Waals surface area contributed by atoms with Gasteiger partial charge in [0.2, 0.25) is 10.0 Å². The van der Waals surface area contributed by atoms with E-state index in [0.29, 0.717) is 13.1 Å². The van der Waals surface area contributed by atoms with E-state index in [1.54, 1.807) is 12.3 Å². The van der Waals surface area contributed by atoms with Crippen LogP contribution >= 0.6 is 27.3 Å². The average molecular weight is 378 g/mol. The molecule has 0 atom stereocenters. The molecule has 0 radical (unpaired) electrons. The molecule has 0 fully saturated rings. The van der Waals surface area contributed by atoms with Crippen molar-refractivity contribution < 1.29 is 8.42 Å². The number of hydrogen-bond donors (Lipinski definition) is 2. The summed E-state index contributed by atoms with van der Waals surface area (Å²) in [5, 5.41) is 1.92. The van der Waals surface area contributed by atoms with Gasteiger partial charge in [-0.25, -0.2) is 13.1 Å². The lowest BCUT2D eigenvalue weighted by molar-refractivity contribution is 0.581. The van der Waals surface area contributed by atoms with E-state index in [4.69, 9.17) is 5.73 Å². The number of aryl methyl sites for hydroxylation is 1. The second-order valence-corrected chi connectivity index (χ2v) is 7.89. The molecule has 0 saturated carbocycles. The maximum absolute atomic E-state index is 12.2. The molecule has 0 spiro atoms. The molecule has 8 heteroatoms. The van der Waals surface area contributed by atoms with Crippen LogP contribution in [0.1, 0.15) is 17.5 Å². The third-order valence-corrected chi connectivity index (χ3v) is 5.95. The Labute approximate surface area is 131 Å². The van der Waals surface area contributed by atoms with Gasteiger partial charge in [0.15, 0.2) is 0 Å². The van der Waals surface area contributed by atoms with E-state index in [1.165, 1.54) is 11.3 Å². The van der Waals surface area contributed by atoms with Crippen LogP contribution in [0.5, 0.6) is 0 Å². The minimum atomic E-state index is -3.51. The number of thiophene rings is 1. The first-order chi connectivity index (χ1) is 9.46. The van der Waals surface area contributed by atoms with Gasteiger partial charge in [0.25, 0.3) is 0 Å². The highest BCUT2D eigenvalue weighted by atomic mass is 79.9. The molecule has 0 aliphatic heterocycles. The second kappa shape index (κ2) is 6.40. The second-order valence-electron chi connectivity index (χ2n) is 4.21. The van der Waals surface area contributed by atoms with E-state index in [0.717, 1.165) is 15.0 Å². The Morgan fingerprint density at radius 2 is 2.20 bits per heavy atom. The molecule has 0 aliphatic rings. The monoisotopic (exact) mass is 377 g/mol. The smallest absolute Gasteiger partial charge is 0.242 e. The molecule has 0 aliphatic carbocycles. The van der Waals surface area contributed by atoms with Crippen LogP contribution in [0.2, 0.25) is 0 Å². The fourth-order valence-electron chi connectivity index (χ4n) is 1.83. The summed E-state index contributed by atoms with van der Waals surface area (Å²) in [4.78, 5) is 1.21. The van der Waals surface area contributed by atoms with Crippen molar-refractivity contribution in [3.05, 3.63) is 38.8 Å².